The highest BCUT2D eigenvalue weighted by Crippen LogP contribution is 2.36. The second-order valence-electron chi connectivity index (χ2n) is 11.6. The molecule has 7 aromatic carbocycles. The van der Waals surface area contributed by atoms with Gasteiger partial charge in [0.15, 0.2) is 13.8 Å². The van der Waals surface area contributed by atoms with Crippen molar-refractivity contribution < 1.29 is 0 Å². The molecule has 0 amide bonds. The van der Waals surface area contributed by atoms with Crippen LogP contribution in [-0.4, -0.2) is 12.6 Å². The van der Waals surface area contributed by atoms with Gasteiger partial charge in [-0.2, -0.15) is 0 Å². The highest BCUT2D eigenvalue weighted by molar-refractivity contribution is 7.20. The Bertz CT molecular complexity index is 2270. The Morgan fingerprint density at radius 2 is 0.870 bits per heavy atom. The third-order valence-electron chi connectivity index (χ3n) is 9.19. The van der Waals surface area contributed by atoms with E-state index in [4.69, 9.17) is 6.57 Å². The minimum atomic E-state index is -2.89. The first-order valence-electron chi connectivity index (χ1n) is 15.6. The Labute approximate surface area is 270 Å². The van der Waals surface area contributed by atoms with Gasteiger partial charge in [-0.05, 0) is 44.5 Å². The predicted molar refractivity (Wildman–Crippen MR) is 196 cm³/mol. The molecule has 0 aliphatic carbocycles. The van der Waals surface area contributed by atoms with E-state index in [9.17, 15) is 0 Å². The maximum atomic E-state index is 7.65. The van der Waals surface area contributed by atoms with Crippen LogP contribution in [0.25, 0.3) is 43.5 Å². The van der Waals surface area contributed by atoms with Crippen LogP contribution < -0.4 is 20.7 Å². The smallest absolute Gasteiger partial charge is 0.187 e. The summed E-state index contributed by atoms with van der Waals surface area (Å²) in [4.78, 5) is 3.73. The standard InChI is InChI=1S/C43H30N2Si/c1-44-32-28-30-35(31-29-32)46(33-16-4-2-5-17-33,34-18-6-3-7-19-34)43-27-15-11-23-39(43)38-22-10-14-26-42(38)45-40-24-12-8-20-36(40)37-21-9-13-25-41(37)45/h2-31H. The topological polar surface area (TPSA) is 9.29 Å². The minimum absolute atomic E-state index is 0.651. The summed E-state index contributed by atoms with van der Waals surface area (Å²) < 4.78 is 2.43. The van der Waals surface area contributed by atoms with Crippen LogP contribution in [0.15, 0.2) is 182 Å². The van der Waals surface area contributed by atoms with Crippen LogP contribution in [0, 0.1) is 6.57 Å². The molecule has 0 saturated carbocycles. The summed E-state index contributed by atoms with van der Waals surface area (Å²) in [5.41, 5.74) is 6.59. The average molecular weight is 603 g/mol. The minimum Gasteiger partial charge on any atom is -0.309 e. The van der Waals surface area contributed by atoms with E-state index in [1.807, 2.05) is 12.1 Å². The van der Waals surface area contributed by atoms with E-state index in [-0.39, 0.29) is 0 Å². The quantitative estimate of drug-likeness (QED) is 0.103. The SMILES string of the molecule is [C-]#[N+]c1ccc([Si](c2ccccc2)(c2ccccc2)c2ccccc2-c2ccccc2-n2c3ccccc3c3ccccc32)cc1. The van der Waals surface area contributed by atoms with E-state index in [2.05, 4.69) is 179 Å². The van der Waals surface area contributed by atoms with Gasteiger partial charge in [-0.3, -0.25) is 0 Å². The van der Waals surface area contributed by atoms with E-state index >= 15 is 0 Å². The van der Waals surface area contributed by atoms with Gasteiger partial charge >= 0.3 is 0 Å². The normalized spacial score (nSPS) is 11.5. The van der Waals surface area contributed by atoms with Crippen LogP contribution in [0.2, 0.25) is 0 Å². The largest absolute Gasteiger partial charge is 0.309 e. The van der Waals surface area contributed by atoms with E-state index in [0.717, 1.165) is 5.69 Å². The van der Waals surface area contributed by atoms with Gasteiger partial charge in [-0.25, -0.2) is 4.85 Å². The maximum absolute atomic E-state index is 7.65. The lowest BCUT2D eigenvalue weighted by molar-refractivity contribution is 1.18. The molecule has 8 aromatic rings. The highest BCUT2D eigenvalue weighted by Gasteiger charge is 2.43. The average Bonchev–Trinajstić information content (AvgIpc) is 3.48. The third-order valence-corrected chi connectivity index (χ3v) is 14.0. The number of hydrogen-bond acceptors (Lipinski definition) is 0. The zero-order valence-electron chi connectivity index (χ0n) is 25.2. The number of nitrogens with zero attached hydrogens (tertiary/aromatic N) is 2. The lowest BCUT2D eigenvalue weighted by atomic mass is 10.0. The number of para-hydroxylation sites is 3. The Hall–Kier alpha value is -5.95. The molecule has 0 fully saturated rings. The molecule has 0 aliphatic rings. The van der Waals surface area contributed by atoms with Crippen molar-refractivity contribution in [1.29, 1.82) is 0 Å². The lowest BCUT2D eigenvalue weighted by Gasteiger charge is -2.36. The molecular formula is C43H30N2Si. The van der Waals surface area contributed by atoms with Crippen molar-refractivity contribution in [1.82, 2.24) is 4.57 Å². The first kappa shape index (κ1) is 27.6. The van der Waals surface area contributed by atoms with Crippen LogP contribution in [0.1, 0.15) is 0 Å². The van der Waals surface area contributed by atoms with Crippen molar-refractivity contribution in [2.45, 2.75) is 0 Å². The number of benzene rings is 7. The van der Waals surface area contributed by atoms with Crippen molar-refractivity contribution in [3.63, 3.8) is 0 Å². The summed E-state index contributed by atoms with van der Waals surface area (Å²) in [5, 5.41) is 7.67. The second-order valence-corrected chi connectivity index (χ2v) is 15.3. The Morgan fingerprint density at radius 1 is 0.413 bits per heavy atom. The Balaban J connectivity index is 1.49. The van der Waals surface area contributed by atoms with Gasteiger partial charge in [0.25, 0.3) is 0 Å². The van der Waals surface area contributed by atoms with E-state index in [1.54, 1.807) is 0 Å². The molecule has 216 valence electrons. The fraction of sp³-hybridized carbons (Fsp3) is 0. The molecule has 0 saturated heterocycles. The van der Waals surface area contributed by atoms with Crippen molar-refractivity contribution in [3.8, 4) is 16.8 Å². The molecule has 1 heterocycles. The lowest BCUT2D eigenvalue weighted by Crippen LogP contribution is -2.75. The molecule has 0 unspecified atom stereocenters. The molecule has 0 aliphatic heterocycles. The Kier molecular flexibility index (Phi) is 6.91. The van der Waals surface area contributed by atoms with Gasteiger partial charge in [-0.1, -0.05) is 164 Å². The van der Waals surface area contributed by atoms with Crippen LogP contribution in [0.3, 0.4) is 0 Å². The maximum Gasteiger partial charge on any atom is 0.187 e. The fourth-order valence-corrected chi connectivity index (χ4v) is 12.2. The molecule has 1 aromatic heterocycles. The Morgan fingerprint density at radius 3 is 1.46 bits per heavy atom. The third kappa shape index (κ3) is 4.31. The molecular weight excluding hydrogens is 573 g/mol. The van der Waals surface area contributed by atoms with Crippen LogP contribution in [-0.2, 0) is 0 Å². The number of fused-ring (bicyclic) bond motifs is 3. The molecule has 0 radical (unpaired) electrons. The first-order chi connectivity index (χ1) is 22.8. The van der Waals surface area contributed by atoms with Crippen molar-refractivity contribution in [3.05, 3.63) is 193 Å². The zero-order valence-corrected chi connectivity index (χ0v) is 26.2. The van der Waals surface area contributed by atoms with Gasteiger partial charge in [0.1, 0.15) is 0 Å². The highest BCUT2D eigenvalue weighted by atomic mass is 28.3. The zero-order chi connectivity index (χ0) is 30.9. The van der Waals surface area contributed by atoms with Crippen molar-refractivity contribution in [2.24, 2.45) is 0 Å². The summed E-state index contributed by atoms with van der Waals surface area (Å²) in [6, 6.07) is 65.5. The second kappa shape index (κ2) is 11.5. The molecule has 0 atom stereocenters. The van der Waals surface area contributed by atoms with E-state index in [0.29, 0.717) is 5.69 Å². The first-order valence-corrected chi connectivity index (χ1v) is 17.6. The van der Waals surface area contributed by atoms with Crippen molar-refractivity contribution >= 4 is 56.3 Å². The molecule has 0 N–H and O–H groups in total. The predicted octanol–water partition coefficient (Wildman–Crippen LogP) is 8.38. The van der Waals surface area contributed by atoms with Crippen LogP contribution in [0.4, 0.5) is 5.69 Å². The van der Waals surface area contributed by atoms with Gasteiger partial charge in [0.2, 0.25) is 0 Å². The molecule has 8 rings (SSSR count). The summed E-state index contributed by atoms with van der Waals surface area (Å²) in [7, 11) is -2.89. The van der Waals surface area contributed by atoms with Gasteiger partial charge in [0, 0.05) is 16.3 Å². The summed E-state index contributed by atoms with van der Waals surface area (Å²) >= 11 is 0. The summed E-state index contributed by atoms with van der Waals surface area (Å²) in [6.07, 6.45) is 0. The van der Waals surface area contributed by atoms with Crippen LogP contribution in [0.5, 0.6) is 0 Å². The molecule has 46 heavy (non-hydrogen) atoms. The van der Waals surface area contributed by atoms with Crippen molar-refractivity contribution in [2.75, 3.05) is 0 Å². The number of rotatable bonds is 6. The van der Waals surface area contributed by atoms with E-state index in [1.165, 1.54) is 53.7 Å². The monoisotopic (exact) mass is 602 g/mol. The van der Waals surface area contributed by atoms with Crippen LogP contribution >= 0.6 is 0 Å². The molecule has 2 nitrogen and oxygen atoms in total. The number of aromatic nitrogens is 1. The fourth-order valence-electron chi connectivity index (χ4n) is 7.25. The molecule has 3 heteroatoms. The van der Waals surface area contributed by atoms with Gasteiger partial charge < -0.3 is 4.57 Å². The summed E-state index contributed by atoms with van der Waals surface area (Å²) in [5.74, 6) is 0. The molecule has 0 spiro atoms. The van der Waals surface area contributed by atoms with Gasteiger partial charge in [-0.15, -0.1) is 0 Å². The molecule has 0 bridgehead atoms. The summed E-state index contributed by atoms with van der Waals surface area (Å²) in [6.45, 7) is 7.65. The number of hydrogen-bond donors (Lipinski definition) is 0. The van der Waals surface area contributed by atoms with Gasteiger partial charge in [0.05, 0.1) is 23.3 Å². The van der Waals surface area contributed by atoms with E-state index < -0.39 is 8.07 Å².